The van der Waals surface area contributed by atoms with E-state index in [1.807, 2.05) is 0 Å². The van der Waals surface area contributed by atoms with Crippen molar-refractivity contribution in [3.63, 3.8) is 0 Å². The highest BCUT2D eigenvalue weighted by Crippen LogP contribution is 2.46. The Bertz CT molecular complexity index is 3040. The molecule has 6 aromatic carbocycles. The minimum absolute atomic E-state index is 0.0161. The van der Waals surface area contributed by atoms with E-state index in [4.69, 9.17) is 5.73 Å². The average molecular weight is 788 g/mol. The van der Waals surface area contributed by atoms with Gasteiger partial charge in [-0.25, -0.2) is 0 Å². The van der Waals surface area contributed by atoms with Crippen molar-refractivity contribution in [3.05, 3.63) is 84.9 Å². The van der Waals surface area contributed by atoms with Gasteiger partial charge in [0.25, 0.3) is 40.5 Å². The third-order valence-electron chi connectivity index (χ3n) is 7.58. The Kier molecular flexibility index (Phi) is 8.83. The van der Waals surface area contributed by atoms with Gasteiger partial charge in [0.15, 0.2) is 5.75 Å². The van der Waals surface area contributed by atoms with Crippen LogP contribution >= 0.6 is 0 Å². The summed E-state index contributed by atoms with van der Waals surface area (Å²) in [5.41, 5.74) is 4.06. The molecule has 0 heterocycles. The fourth-order valence-electron chi connectivity index (χ4n) is 5.28. The van der Waals surface area contributed by atoms with Crippen LogP contribution < -0.4 is 5.73 Å². The van der Waals surface area contributed by atoms with Crippen molar-refractivity contribution in [1.29, 1.82) is 0 Å². The number of hydrogen-bond donors (Lipinski definition) is 6. The van der Waals surface area contributed by atoms with Crippen LogP contribution in [0.2, 0.25) is 0 Å². The monoisotopic (exact) mass is 787 g/mol. The summed E-state index contributed by atoms with van der Waals surface area (Å²) in [5, 5.41) is 27.4. The van der Waals surface area contributed by atoms with Crippen molar-refractivity contribution in [2.75, 3.05) is 5.73 Å². The first-order valence-corrected chi connectivity index (χ1v) is 19.8. The van der Waals surface area contributed by atoms with Gasteiger partial charge in [-0.2, -0.15) is 38.8 Å². The third kappa shape index (κ3) is 7.04. The van der Waals surface area contributed by atoms with Gasteiger partial charge in [-0.3, -0.25) is 18.2 Å². The molecule has 7 N–H and O–H groups in total. The molecule has 0 saturated carbocycles. The van der Waals surface area contributed by atoms with Crippen LogP contribution in [0.3, 0.4) is 0 Å². The normalized spacial score (nSPS) is 13.2. The molecule has 268 valence electrons. The summed E-state index contributed by atoms with van der Waals surface area (Å²) in [6.45, 7) is 0. The van der Waals surface area contributed by atoms with Gasteiger partial charge in [0.05, 0.1) is 21.2 Å². The first-order chi connectivity index (χ1) is 24.1. The molecule has 0 bridgehead atoms. The number of anilines is 1. The van der Waals surface area contributed by atoms with Crippen molar-refractivity contribution in [3.8, 4) is 5.75 Å². The molecule has 0 fully saturated rings. The molecule has 52 heavy (non-hydrogen) atoms. The molecule has 0 atom stereocenters. The molecule has 6 rings (SSSR count). The lowest BCUT2D eigenvalue weighted by Crippen LogP contribution is -2.03. The topological polar surface area (TPSA) is 313 Å². The lowest BCUT2D eigenvalue weighted by atomic mass is 10.1. The number of phenols is 1. The number of nitrogen functional groups attached to an aromatic ring is 1. The maximum atomic E-state index is 12.7. The molecule has 0 aliphatic heterocycles. The van der Waals surface area contributed by atoms with Crippen molar-refractivity contribution in [2.24, 2.45) is 20.5 Å². The maximum absolute atomic E-state index is 12.7. The average Bonchev–Trinajstić information content (AvgIpc) is 3.04. The highest BCUT2D eigenvalue weighted by molar-refractivity contribution is 7.86. The number of fused-ring (bicyclic) bond motifs is 3. The summed E-state index contributed by atoms with van der Waals surface area (Å²) in [5.74, 6) is -1.03. The second-order valence-electron chi connectivity index (χ2n) is 11.0. The largest absolute Gasteiger partial charge is 0.505 e. The van der Waals surface area contributed by atoms with Crippen LogP contribution in [-0.2, 0) is 40.5 Å². The molecule has 0 amide bonds. The van der Waals surface area contributed by atoms with E-state index in [0.29, 0.717) is 16.8 Å². The summed E-state index contributed by atoms with van der Waals surface area (Å²) in [4.78, 5) is -3.07. The second-order valence-corrected chi connectivity index (χ2v) is 16.6. The summed E-state index contributed by atoms with van der Waals surface area (Å²) in [6, 6.07) is 17.3. The standard InChI is InChI=1S/C30H21N5O13S4/c31-23-13-20(50(40,41)42)11-17-12-25(51(43,44)45)29(30(36)27(17)23)35-34-28-22-4-2-1-3-21(22)24(14-26(28)52(46,47)48)33-32-18-7-5-16-10-19(49(37,38)39)8-6-15(16)9-18/h1-14,36H,31H2,(H,37,38,39)(H,40,41,42)(H,43,44,45)(H,46,47,48). The summed E-state index contributed by atoms with van der Waals surface area (Å²) >= 11 is 0. The molecule has 0 unspecified atom stereocenters. The Hall–Kier alpha value is -5.46. The van der Waals surface area contributed by atoms with Crippen molar-refractivity contribution in [1.82, 2.24) is 0 Å². The number of azo groups is 2. The van der Waals surface area contributed by atoms with E-state index in [2.05, 4.69) is 20.5 Å². The Balaban J connectivity index is 1.52. The highest BCUT2D eigenvalue weighted by Gasteiger charge is 2.26. The molecule has 0 radical (unpaired) electrons. The second kappa shape index (κ2) is 12.6. The van der Waals surface area contributed by atoms with E-state index in [0.717, 1.165) is 18.2 Å². The molecule has 0 spiro atoms. The molecule has 18 nitrogen and oxygen atoms in total. The fraction of sp³-hybridized carbons (Fsp3) is 0. The predicted molar refractivity (Wildman–Crippen MR) is 186 cm³/mol. The van der Waals surface area contributed by atoms with Gasteiger partial charge in [0.2, 0.25) is 0 Å². The van der Waals surface area contributed by atoms with Crippen LogP contribution in [-0.4, -0.2) is 57.0 Å². The predicted octanol–water partition coefficient (Wildman–Crippen LogP) is 6.25. The van der Waals surface area contributed by atoms with Crippen molar-refractivity contribution < 1.29 is 57.0 Å². The van der Waals surface area contributed by atoms with Gasteiger partial charge in [-0.1, -0.05) is 36.4 Å². The summed E-state index contributed by atoms with van der Waals surface area (Å²) in [7, 11) is -19.7. The first-order valence-electron chi connectivity index (χ1n) is 14.0. The Morgan fingerprint density at radius 3 is 1.69 bits per heavy atom. The van der Waals surface area contributed by atoms with E-state index in [1.165, 1.54) is 54.6 Å². The van der Waals surface area contributed by atoms with Gasteiger partial charge < -0.3 is 10.8 Å². The van der Waals surface area contributed by atoms with E-state index in [-0.39, 0.29) is 37.8 Å². The zero-order valence-electron chi connectivity index (χ0n) is 25.6. The molecule has 0 aliphatic rings. The summed E-state index contributed by atoms with van der Waals surface area (Å²) < 4.78 is 135. The van der Waals surface area contributed by atoms with Crippen LogP contribution in [0.5, 0.6) is 5.75 Å². The zero-order chi connectivity index (χ0) is 38.0. The number of hydrogen-bond acceptors (Lipinski definition) is 14. The first kappa shape index (κ1) is 36.3. The minimum Gasteiger partial charge on any atom is -0.505 e. The lowest BCUT2D eigenvalue weighted by molar-refractivity contribution is 0.472. The third-order valence-corrected chi connectivity index (χ3v) is 11.0. The van der Waals surface area contributed by atoms with E-state index in [1.54, 1.807) is 6.07 Å². The smallest absolute Gasteiger partial charge is 0.296 e. The van der Waals surface area contributed by atoms with Crippen LogP contribution in [0, 0.1) is 0 Å². The SMILES string of the molecule is Nc1cc(S(=O)(=O)O)cc2cc(S(=O)(=O)O)c(N=Nc3c(S(=O)(=O)O)cc(N=Nc4ccc5cc(S(=O)(=O)O)ccc5c4)c4ccccc34)c(O)c12. The number of nitrogens with two attached hydrogens (primary N) is 1. The number of rotatable bonds is 8. The number of phenolic OH excluding ortho intramolecular Hbond substituents is 1. The highest BCUT2D eigenvalue weighted by atomic mass is 32.2. The van der Waals surface area contributed by atoms with E-state index < -0.39 is 78.0 Å². The molecule has 22 heteroatoms. The zero-order valence-corrected chi connectivity index (χ0v) is 28.9. The van der Waals surface area contributed by atoms with Crippen LogP contribution in [0.15, 0.2) is 125 Å². The van der Waals surface area contributed by atoms with E-state index >= 15 is 0 Å². The Morgan fingerprint density at radius 1 is 0.500 bits per heavy atom. The molecular weight excluding hydrogens is 767 g/mol. The van der Waals surface area contributed by atoms with Crippen molar-refractivity contribution >= 4 is 101 Å². The Labute approximate surface area is 293 Å². The fourth-order valence-corrected chi connectivity index (χ4v) is 7.66. The summed E-state index contributed by atoms with van der Waals surface area (Å²) in [6.07, 6.45) is 0. The molecule has 6 aromatic rings. The molecule has 0 saturated heterocycles. The number of benzene rings is 6. The van der Waals surface area contributed by atoms with Crippen LogP contribution in [0.4, 0.5) is 28.4 Å². The van der Waals surface area contributed by atoms with Gasteiger partial charge in [-0.15, -0.1) is 15.3 Å². The molecule has 0 aliphatic carbocycles. The van der Waals surface area contributed by atoms with E-state index in [9.17, 15) is 57.0 Å². The van der Waals surface area contributed by atoms with Crippen LogP contribution in [0.1, 0.15) is 0 Å². The van der Waals surface area contributed by atoms with Gasteiger partial charge >= 0.3 is 0 Å². The minimum atomic E-state index is -5.26. The quantitative estimate of drug-likeness (QED) is 0.0564. The van der Waals surface area contributed by atoms with Gasteiger partial charge in [0, 0.05) is 21.8 Å². The van der Waals surface area contributed by atoms with Crippen LogP contribution in [0.25, 0.3) is 32.3 Å². The van der Waals surface area contributed by atoms with Gasteiger partial charge in [0.1, 0.15) is 21.2 Å². The number of nitrogens with zero attached hydrogens (tertiary/aromatic N) is 4. The lowest BCUT2D eigenvalue weighted by Gasteiger charge is -2.12. The maximum Gasteiger partial charge on any atom is 0.296 e. The molecule has 0 aromatic heterocycles. The Morgan fingerprint density at radius 2 is 1.06 bits per heavy atom. The van der Waals surface area contributed by atoms with Crippen molar-refractivity contribution in [2.45, 2.75) is 19.6 Å². The molecular formula is C30H21N5O13S4. The van der Waals surface area contributed by atoms with Gasteiger partial charge in [-0.05, 0) is 64.7 Å². The number of aromatic hydroxyl groups is 1.